The fourth-order valence-electron chi connectivity index (χ4n) is 2.92. The summed E-state index contributed by atoms with van der Waals surface area (Å²) >= 11 is 0. The molecule has 22 heavy (non-hydrogen) atoms. The summed E-state index contributed by atoms with van der Waals surface area (Å²) in [5.74, 6) is -0.0651. The first-order chi connectivity index (χ1) is 10.7. The zero-order chi connectivity index (χ0) is 15.9. The van der Waals surface area contributed by atoms with Gasteiger partial charge in [-0.25, -0.2) is 4.39 Å². The molecule has 0 spiro atoms. The van der Waals surface area contributed by atoms with E-state index in [2.05, 4.69) is 44.2 Å². The van der Waals surface area contributed by atoms with Crippen LogP contribution in [-0.4, -0.2) is 0 Å². The molecule has 0 N–H and O–H groups in total. The molecule has 118 valence electrons. The van der Waals surface area contributed by atoms with Crippen molar-refractivity contribution in [2.75, 3.05) is 0 Å². The minimum absolute atomic E-state index is 0.0651. The van der Waals surface area contributed by atoms with Crippen molar-refractivity contribution in [3.05, 3.63) is 58.9 Å². The van der Waals surface area contributed by atoms with Crippen LogP contribution in [0.2, 0.25) is 0 Å². The zero-order valence-electron chi connectivity index (χ0n) is 14.1. The van der Waals surface area contributed by atoms with Gasteiger partial charge in [0.1, 0.15) is 5.82 Å². The van der Waals surface area contributed by atoms with E-state index in [4.69, 9.17) is 0 Å². The molecule has 0 atom stereocenters. The fraction of sp³-hybridized carbons (Fsp3) is 0.429. The molecular formula is C21H27F. The van der Waals surface area contributed by atoms with E-state index in [0.29, 0.717) is 0 Å². The Morgan fingerprint density at radius 1 is 0.818 bits per heavy atom. The number of aryl methyl sites for hydroxylation is 2. The summed E-state index contributed by atoms with van der Waals surface area (Å²) in [6.45, 7) is 6.24. The number of rotatable bonds is 7. The normalized spacial score (nSPS) is 10.9. The number of hydrogen-bond acceptors (Lipinski definition) is 0. The lowest BCUT2D eigenvalue weighted by Gasteiger charge is -2.11. The largest absolute Gasteiger partial charge is 0.206 e. The van der Waals surface area contributed by atoms with Gasteiger partial charge in [-0.2, -0.15) is 0 Å². The molecule has 0 aromatic heterocycles. The Kier molecular flexibility index (Phi) is 6.18. The minimum atomic E-state index is -0.0651. The van der Waals surface area contributed by atoms with Crippen molar-refractivity contribution in [1.82, 2.24) is 0 Å². The first-order valence-corrected chi connectivity index (χ1v) is 8.54. The average molecular weight is 298 g/mol. The van der Waals surface area contributed by atoms with Crippen molar-refractivity contribution in [3.63, 3.8) is 0 Å². The highest BCUT2D eigenvalue weighted by atomic mass is 19.1. The number of benzene rings is 2. The molecule has 2 rings (SSSR count). The Morgan fingerprint density at radius 3 is 2.18 bits per heavy atom. The third-order valence-corrected chi connectivity index (χ3v) is 4.35. The third kappa shape index (κ3) is 3.97. The van der Waals surface area contributed by atoms with Gasteiger partial charge in [0.25, 0.3) is 0 Å². The van der Waals surface area contributed by atoms with Gasteiger partial charge in [0, 0.05) is 5.56 Å². The fourth-order valence-corrected chi connectivity index (χ4v) is 2.92. The molecule has 0 nitrogen and oxygen atoms in total. The van der Waals surface area contributed by atoms with E-state index < -0.39 is 0 Å². The van der Waals surface area contributed by atoms with Gasteiger partial charge in [-0.05, 0) is 48.4 Å². The predicted octanol–water partition coefficient (Wildman–Crippen LogP) is 6.49. The van der Waals surface area contributed by atoms with Crippen molar-refractivity contribution >= 4 is 0 Å². The summed E-state index contributed by atoms with van der Waals surface area (Å²) < 4.78 is 14.6. The molecule has 2 aromatic carbocycles. The van der Waals surface area contributed by atoms with Crippen LogP contribution in [0.3, 0.4) is 0 Å². The maximum atomic E-state index is 14.6. The van der Waals surface area contributed by atoms with Crippen LogP contribution in [0.15, 0.2) is 36.4 Å². The quantitative estimate of drug-likeness (QED) is 0.513. The minimum Gasteiger partial charge on any atom is -0.206 e. The van der Waals surface area contributed by atoms with E-state index in [9.17, 15) is 4.39 Å². The van der Waals surface area contributed by atoms with Crippen molar-refractivity contribution in [2.24, 2.45) is 0 Å². The molecule has 0 saturated carbocycles. The van der Waals surface area contributed by atoms with E-state index in [-0.39, 0.29) is 5.82 Å². The van der Waals surface area contributed by atoms with Crippen molar-refractivity contribution in [3.8, 4) is 11.1 Å². The van der Waals surface area contributed by atoms with Crippen LogP contribution in [0, 0.1) is 12.7 Å². The maximum absolute atomic E-state index is 14.6. The van der Waals surface area contributed by atoms with Crippen molar-refractivity contribution in [2.45, 2.75) is 59.3 Å². The van der Waals surface area contributed by atoms with Crippen LogP contribution < -0.4 is 0 Å². The van der Waals surface area contributed by atoms with Crippen LogP contribution in [0.4, 0.5) is 4.39 Å². The lowest BCUT2D eigenvalue weighted by Crippen LogP contribution is -1.96. The molecule has 2 aromatic rings. The van der Waals surface area contributed by atoms with Crippen molar-refractivity contribution in [1.29, 1.82) is 0 Å². The SMILES string of the molecule is CCCCCc1ccc(-c2ccc(CCC)c(C)c2F)cc1. The van der Waals surface area contributed by atoms with Crippen molar-refractivity contribution < 1.29 is 4.39 Å². The smallest absolute Gasteiger partial charge is 0.134 e. The predicted molar refractivity (Wildman–Crippen MR) is 93.8 cm³/mol. The highest BCUT2D eigenvalue weighted by Gasteiger charge is 2.11. The van der Waals surface area contributed by atoms with Crippen LogP contribution in [0.25, 0.3) is 11.1 Å². The molecular weight excluding hydrogens is 271 g/mol. The maximum Gasteiger partial charge on any atom is 0.134 e. The number of halogens is 1. The second kappa shape index (κ2) is 8.12. The van der Waals surface area contributed by atoms with Crippen LogP contribution in [0.1, 0.15) is 56.2 Å². The van der Waals surface area contributed by atoms with E-state index in [1.54, 1.807) is 0 Å². The molecule has 0 unspecified atom stereocenters. The van der Waals surface area contributed by atoms with Gasteiger partial charge in [-0.1, -0.05) is 69.5 Å². The molecule has 0 amide bonds. The Bertz CT molecular complexity index is 596. The summed E-state index contributed by atoms with van der Waals surface area (Å²) in [6, 6.07) is 12.4. The summed E-state index contributed by atoms with van der Waals surface area (Å²) in [5.41, 5.74) is 4.96. The molecule has 0 heterocycles. The molecule has 0 aliphatic heterocycles. The molecule has 0 aliphatic carbocycles. The molecule has 0 saturated heterocycles. The number of hydrogen-bond donors (Lipinski definition) is 0. The highest BCUT2D eigenvalue weighted by Crippen LogP contribution is 2.28. The molecule has 0 bridgehead atoms. The Labute approximate surface area is 134 Å². The topological polar surface area (TPSA) is 0 Å². The third-order valence-electron chi connectivity index (χ3n) is 4.35. The standard InChI is InChI=1S/C21H27F/c1-4-6-7-9-17-10-12-19(13-11-17)20-15-14-18(8-5-2)16(3)21(20)22/h10-15H,4-9H2,1-3H3. The van der Waals surface area contributed by atoms with E-state index >= 15 is 0 Å². The highest BCUT2D eigenvalue weighted by molar-refractivity contribution is 5.66. The molecule has 0 fully saturated rings. The summed E-state index contributed by atoms with van der Waals surface area (Å²) in [5, 5.41) is 0. The first-order valence-electron chi connectivity index (χ1n) is 8.54. The molecule has 0 radical (unpaired) electrons. The van der Waals surface area contributed by atoms with Crippen LogP contribution in [0.5, 0.6) is 0 Å². The lowest BCUT2D eigenvalue weighted by atomic mass is 9.95. The Balaban J connectivity index is 2.19. The van der Waals surface area contributed by atoms with Gasteiger partial charge in [-0.3, -0.25) is 0 Å². The lowest BCUT2D eigenvalue weighted by molar-refractivity contribution is 0.618. The Hall–Kier alpha value is -1.63. The van der Waals surface area contributed by atoms with Gasteiger partial charge < -0.3 is 0 Å². The number of unbranched alkanes of at least 4 members (excludes halogenated alkanes) is 2. The van der Waals surface area contributed by atoms with Gasteiger partial charge in [-0.15, -0.1) is 0 Å². The molecule has 1 heteroatoms. The monoisotopic (exact) mass is 298 g/mol. The summed E-state index contributed by atoms with van der Waals surface area (Å²) in [7, 11) is 0. The first kappa shape index (κ1) is 16.7. The van der Waals surface area contributed by atoms with Crippen LogP contribution >= 0.6 is 0 Å². The second-order valence-corrected chi connectivity index (χ2v) is 6.12. The van der Waals surface area contributed by atoms with E-state index in [1.807, 2.05) is 13.0 Å². The zero-order valence-corrected chi connectivity index (χ0v) is 14.1. The Morgan fingerprint density at radius 2 is 1.55 bits per heavy atom. The summed E-state index contributed by atoms with van der Waals surface area (Å²) in [4.78, 5) is 0. The summed E-state index contributed by atoms with van der Waals surface area (Å²) in [6.07, 6.45) is 6.85. The van der Waals surface area contributed by atoms with Gasteiger partial charge in [0.05, 0.1) is 0 Å². The average Bonchev–Trinajstić information content (AvgIpc) is 2.53. The van der Waals surface area contributed by atoms with E-state index in [0.717, 1.165) is 41.5 Å². The van der Waals surface area contributed by atoms with Gasteiger partial charge in [0.2, 0.25) is 0 Å². The molecule has 0 aliphatic rings. The van der Waals surface area contributed by atoms with E-state index in [1.165, 1.54) is 24.8 Å². The van der Waals surface area contributed by atoms with Crippen LogP contribution in [-0.2, 0) is 12.8 Å². The van der Waals surface area contributed by atoms with Gasteiger partial charge >= 0.3 is 0 Å². The van der Waals surface area contributed by atoms with Gasteiger partial charge in [0.15, 0.2) is 0 Å². The second-order valence-electron chi connectivity index (χ2n) is 6.12.